The third-order valence-electron chi connectivity index (χ3n) is 1.56. The lowest BCUT2D eigenvalue weighted by atomic mass is 10.3. The van der Waals surface area contributed by atoms with Crippen LogP contribution in [0.5, 0.6) is 0 Å². The van der Waals surface area contributed by atoms with E-state index in [4.69, 9.17) is 10.5 Å². The number of nitrogens with two attached hydrogens (primary N) is 1. The minimum Gasteiger partial charge on any atom is -0.377 e. The Bertz CT molecular complexity index is 124. The van der Waals surface area contributed by atoms with Crippen molar-refractivity contribution in [2.75, 3.05) is 26.8 Å². The lowest BCUT2D eigenvalue weighted by molar-refractivity contribution is -0.130. The molecular formula is C6H12N2O2. The number of carbonyl (C=O) groups is 1. The predicted octanol–water partition coefficient (Wildman–Crippen LogP) is -1.20. The van der Waals surface area contributed by atoms with E-state index < -0.39 is 6.04 Å². The second kappa shape index (κ2) is 2.98. The predicted molar refractivity (Wildman–Crippen MR) is 36.4 cm³/mol. The molecule has 1 aliphatic rings. The molecule has 1 aliphatic heterocycles. The van der Waals surface area contributed by atoms with Crippen molar-refractivity contribution in [2.24, 2.45) is 5.73 Å². The summed E-state index contributed by atoms with van der Waals surface area (Å²) in [5.41, 5.74) is 5.45. The first-order valence-electron chi connectivity index (χ1n) is 3.30. The molecular weight excluding hydrogens is 132 g/mol. The molecule has 1 atom stereocenters. The van der Waals surface area contributed by atoms with Crippen LogP contribution in [0.25, 0.3) is 0 Å². The van der Waals surface area contributed by atoms with Crippen molar-refractivity contribution in [2.45, 2.75) is 6.04 Å². The highest BCUT2D eigenvalue weighted by molar-refractivity contribution is 5.81. The van der Waals surface area contributed by atoms with E-state index in [2.05, 4.69) is 0 Å². The molecule has 0 spiro atoms. The van der Waals surface area contributed by atoms with Crippen LogP contribution in [-0.2, 0) is 9.53 Å². The molecule has 0 radical (unpaired) electrons. The van der Waals surface area contributed by atoms with Crippen molar-refractivity contribution in [3.63, 3.8) is 0 Å². The first kappa shape index (κ1) is 7.50. The fourth-order valence-electron chi connectivity index (χ4n) is 0.876. The zero-order chi connectivity index (χ0) is 7.56. The number of hydrogen-bond acceptors (Lipinski definition) is 3. The zero-order valence-corrected chi connectivity index (χ0v) is 6.04. The highest BCUT2D eigenvalue weighted by atomic mass is 16.5. The Kier molecular flexibility index (Phi) is 2.24. The van der Waals surface area contributed by atoms with Gasteiger partial charge in [0, 0.05) is 13.6 Å². The minimum atomic E-state index is -0.465. The Morgan fingerprint density at radius 2 is 2.50 bits per heavy atom. The molecule has 0 aromatic carbocycles. The fourth-order valence-corrected chi connectivity index (χ4v) is 0.876. The van der Waals surface area contributed by atoms with Crippen molar-refractivity contribution in [1.82, 2.24) is 4.90 Å². The molecule has 0 bridgehead atoms. The number of likely N-dealkylation sites (N-methyl/N-ethyl adjacent to an activating group) is 1. The number of rotatable bonds is 0. The van der Waals surface area contributed by atoms with Crippen molar-refractivity contribution in [1.29, 1.82) is 0 Å². The van der Waals surface area contributed by atoms with E-state index in [-0.39, 0.29) is 5.91 Å². The standard InChI is InChI=1S/C6H12N2O2/c1-8-2-3-10-4-5(7)6(8)9/h5H,2-4,7H2,1H3/t5-/m1/s1. The van der Waals surface area contributed by atoms with E-state index in [0.29, 0.717) is 19.8 Å². The van der Waals surface area contributed by atoms with Crippen LogP contribution in [0.1, 0.15) is 0 Å². The van der Waals surface area contributed by atoms with Crippen LogP contribution in [0.2, 0.25) is 0 Å². The summed E-state index contributed by atoms with van der Waals surface area (Å²) in [6.07, 6.45) is 0. The molecule has 0 saturated carbocycles. The topological polar surface area (TPSA) is 55.6 Å². The van der Waals surface area contributed by atoms with Crippen LogP contribution in [0.15, 0.2) is 0 Å². The summed E-state index contributed by atoms with van der Waals surface area (Å²) < 4.78 is 5.06. The SMILES string of the molecule is CN1CCOC[C@@H](N)C1=O. The molecule has 10 heavy (non-hydrogen) atoms. The summed E-state index contributed by atoms with van der Waals surface area (Å²) in [4.78, 5) is 12.7. The van der Waals surface area contributed by atoms with Gasteiger partial charge in [-0.3, -0.25) is 4.79 Å². The van der Waals surface area contributed by atoms with Crippen LogP contribution < -0.4 is 5.73 Å². The van der Waals surface area contributed by atoms with Crippen molar-refractivity contribution >= 4 is 5.91 Å². The Hall–Kier alpha value is -0.610. The van der Waals surface area contributed by atoms with E-state index in [1.165, 1.54) is 0 Å². The van der Waals surface area contributed by atoms with E-state index in [1.807, 2.05) is 0 Å². The average Bonchev–Trinajstić information content (AvgIpc) is 2.04. The second-order valence-corrected chi connectivity index (χ2v) is 2.44. The third kappa shape index (κ3) is 1.46. The van der Waals surface area contributed by atoms with Gasteiger partial charge >= 0.3 is 0 Å². The summed E-state index contributed by atoms with van der Waals surface area (Å²) in [6.45, 7) is 1.59. The van der Waals surface area contributed by atoms with Gasteiger partial charge in [0.1, 0.15) is 6.04 Å². The number of nitrogens with zero attached hydrogens (tertiary/aromatic N) is 1. The molecule has 1 rings (SSSR count). The summed E-state index contributed by atoms with van der Waals surface area (Å²) in [6, 6.07) is -0.465. The molecule has 4 heteroatoms. The van der Waals surface area contributed by atoms with Gasteiger partial charge in [-0.05, 0) is 0 Å². The number of carbonyl (C=O) groups excluding carboxylic acids is 1. The lowest BCUT2D eigenvalue weighted by Crippen LogP contribution is -2.42. The number of hydrogen-bond donors (Lipinski definition) is 1. The Morgan fingerprint density at radius 3 is 3.20 bits per heavy atom. The van der Waals surface area contributed by atoms with Crippen molar-refractivity contribution in [3.05, 3.63) is 0 Å². The lowest BCUT2D eigenvalue weighted by Gasteiger charge is -2.14. The smallest absolute Gasteiger partial charge is 0.241 e. The largest absolute Gasteiger partial charge is 0.377 e. The van der Waals surface area contributed by atoms with Crippen LogP contribution in [0.4, 0.5) is 0 Å². The van der Waals surface area contributed by atoms with Crippen LogP contribution in [0, 0.1) is 0 Å². The van der Waals surface area contributed by atoms with Gasteiger partial charge in [0.05, 0.1) is 13.2 Å². The van der Waals surface area contributed by atoms with Crippen molar-refractivity contribution in [3.8, 4) is 0 Å². The van der Waals surface area contributed by atoms with E-state index in [0.717, 1.165) is 0 Å². The fraction of sp³-hybridized carbons (Fsp3) is 0.833. The Labute approximate surface area is 59.9 Å². The zero-order valence-electron chi connectivity index (χ0n) is 6.04. The normalized spacial score (nSPS) is 28.4. The van der Waals surface area contributed by atoms with Gasteiger partial charge in [-0.2, -0.15) is 0 Å². The molecule has 0 unspecified atom stereocenters. The first-order chi connectivity index (χ1) is 4.72. The highest BCUT2D eigenvalue weighted by Gasteiger charge is 2.20. The van der Waals surface area contributed by atoms with Crippen LogP contribution in [0.3, 0.4) is 0 Å². The molecule has 2 N–H and O–H groups in total. The van der Waals surface area contributed by atoms with Gasteiger partial charge in [0.2, 0.25) is 5.91 Å². The monoisotopic (exact) mass is 144 g/mol. The van der Waals surface area contributed by atoms with Gasteiger partial charge in [-0.25, -0.2) is 0 Å². The summed E-state index contributed by atoms with van der Waals surface area (Å²) in [7, 11) is 1.73. The van der Waals surface area contributed by atoms with Crippen molar-refractivity contribution < 1.29 is 9.53 Å². The van der Waals surface area contributed by atoms with E-state index in [9.17, 15) is 4.79 Å². The van der Waals surface area contributed by atoms with E-state index >= 15 is 0 Å². The molecule has 1 saturated heterocycles. The molecule has 58 valence electrons. The number of ether oxygens (including phenoxy) is 1. The van der Waals surface area contributed by atoms with Crippen LogP contribution >= 0.6 is 0 Å². The Balaban J connectivity index is 2.55. The van der Waals surface area contributed by atoms with E-state index in [1.54, 1.807) is 11.9 Å². The maximum Gasteiger partial charge on any atom is 0.241 e. The number of amides is 1. The highest BCUT2D eigenvalue weighted by Crippen LogP contribution is 1.96. The van der Waals surface area contributed by atoms with Gasteiger partial charge in [-0.1, -0.05) is 0 Å². The molecule has 1 heterocycles. The minimum absolute atomic E-state index is 0.0301. The van der Waals surface area contributed by atoms with Crippen LogP contribution in [-0.4, -0.2) is 43.7 Å². The maximum absolute atomic E-state index is 11.1. The average molecular weight is 144 g/mol. The third-order valence-corrected chi connectivity index (χ3v) is 1.56. The van der Waals surface area contributed by atoms with Gasteiger partial charge in [-0.15, -0.1) is 0 Å². The summed E-state index contributed by atoms with van der Waals surface area (Å²) >= 11 is 0. The molecule has 1 fully saturated rings. The van der Waals surface area contributed by atoms with Gasteiger partial charge in [0.25, 0.3) is 0 Å². The second-order valence-electron chi connectivity index (χ2n) is 2.44. The van der Waals surface area contributed by atoms with Gasteiger partial charge in [0.15, 0.2) is 0 Å². The molecule has 0 aromatic heterocycles. The van der Waals surface area contributed by atoms with Gasteiger partial charge < -0.3 is 15.4 Å². The summed E-state index contributed by atoms with van der Waals surface area (Å²) in [5, 5.41) is 0. The molecule has 1 amide bonds. The molecule has 4 nitrogen and oxygen atoms in total. The molecule has 0 aliphatic carbocycles. The quantitative estimate of drug-likeness (QED) is 0.464. The molecule has 0 aromatic rings. The maximum atomic E-state index is 11.1. The summed E-state index contributed by atoms with van der Waals surface area (Å²) in [5.74, 6) is -0.0301. The first-order valence-corrected chi connectivity index (χ1v) is 3.30. The Morgan fingerprint density at radius 1 is 1.80 bits per heavy atom.